The molecule has 0 spiro atoms. The minimum atomic E-state index is -1.18. The van der Waals surface area contributed by atoms with Gasteiger partial charge in [0, 0.05) is 36.6 Å². The van der Waals surface area contributed by atoms with Gasteiger partial charge in [0.1, 0.15) is 12.1 Å². The van der Waals surface area contributed by atoms with Crippen molar-refractivity contribution in [1.29, 1.82) is 0 Å². The molecular formula is C18H27N7O4. The number of carbonyl (C=O) groups is 3. The smallest absolute Gasteiger partial charge is 0.326 e. The molecule has 0 unspecified atom stereocenters. The van der Waals surface area contributed by atoms with E-state index < -0.39 is 35.9 Å². The topological polar surface area (TPSA) is 179 Å². The van der Waals surface area contributed by atoms with Gasteiger partial charge in [0.25, 0.3) is 0 Å². The molecule has 29 heavy (non-hydrogen) atoms. The number of nitrogens with zero attached hydrogens (tertiary/aromatic N) is 2. The lowest BCUT2D eigenvalue weighted by Crippen LogP contribution is -2.57. The van der Waals surface area contributed by atoms with Crippen LogP contribution in [0.5, 0.6) is 0 Å². The number of nitrogens with one attached hydrogen (secondary N) is 4. The second kappa shape index (κ2) is 10.4. The van der Waals surface area contributed by atoms with Crippen molar-refractivity contribution in [3.63, 3.8) is 0 Å². The fraction of sp³-hybridized carbons (Fsp3) is 0.500. The Morgan fingerprint density at radius 2 is 1.66 bits per heavy atom. The van der Waals surface area contributed by atoms with Gasteiger partial charge in [-0.2, -0.15) is 0 Å². The van der Waals surface area contributed by atoms with Crippen molar-refractivity contribution in [3.05, 3.63) is 36.4 Å². The molecule has 0 fully saturated rings. The molecule has 0 aliphatic carbocycles. The summed E-state index contributed by atoms with van der Waals surface area (Å²) in [6.07, 6.45) is 6.86. The summed E-state index contributed by atoms with van der Waals surface area (Å²) in [6, 6.07) is -2.95. The third kappa shape index (κ3) is 6.42. The van der Waals surface area contributed by atoms with Crippen molar-refractivity contribution in [3.8, 4) is 0 Å². The van der Waals surface area contributed by atoms with Gasteiger partial charge in [-0.25, -0.2) is 14.8 Å². The number of nitrogens with two attached hydrogens (primary N) is 1. The predicted octanol–water partition coefficient (Wildman–Crippen LogP) is -0.654. The van der Waals surface area contributed by atoms with Crippen LogP contribution in [-0.4, -0.2) is 61.0 Å². The quantitative estimate of drug-likeness (QED) is 0.287. The summed E-state index contributed by atoms with van der Waals surface area (Å²) >= 11 is 0. The largest absolute Gasteiger partial charge is 0.480 e. The Hall–Kier alpha value is -3.21. The lowest BCUT2D eigenvalue weighted by Gasteiger charge is -2.26. The Bertz CT molecular complexity index is 791. The highest BCUT2D eigenvalue weighted by Crippen LogP contribution is 2.10. The van der Waals surface area contributed by atoms with Crippen LogP contribution in [0, 0.1) is 5.92 Å². The molecule has 0 bridgehead atoms. The number of aliphatic carboxylic acids is 1. The molecule has 2 rings (SSSR count). The molecule has 4 atom stereocenters. The monoisotopic (exact) mass is 405 g/mol. The normalized spacial score (nSPS) is 15.1. The number of amides is 2. The maximum absolute atomic E-state index is 12.8. The van der Waals surface area contributed by atoms with E-state index in [-0.39, 0.29) is 18.8 Å². The Kier molecular flexibility index (Phi) is 7.89. The molecule has 0 aromatic carbocycles. The number of imidazole rings is 2. The zero-order chi connectivity index (χ0) is 21.4. The van der Waals surface area contributed by atoms with Crippen molar-refractivity contribution >= 4 is 17.8 Å². The van der Waals surface area contributed by atoms with E-state index in [4.69, 9.17) is 5.73 Å². The van der Waals surface area contributed by atoms with Gasteiger partial charge in [-0.3, -0.25) is 9.59 Å². The number of hydrogen-bond donors (Lipinski definition) is 6. The minimum absolute atomic E-state index is 0.0432. The number of aromatic nitrogens is 4. The first-order chi connectivity index (χ1) is 13.8. The van der Waals surface area contributed by atoms with E-state index in [2.05, 4.69) is 30.6 Å². The zero-order valence-electron chi connectivity index (χ0n) is 16.4. The van der Waals surface area contributed by atoms with E-state index in [1.165, 1.54) is 18.9 Å². The highest BCUT2D eigenvalue weighted by Gasteiger charge is 2.31. The van der Waals surface area contributed by atoms with Crippen LogP contribution in [0.15, 0.2) is 25.0 Å². The van der Waals surface area contributed by atoms with Gasteiger partial charge in [0.15, 0.2) is 0 Å². The average molecular weight is 405 g/mol. The zero-order valence-corrected chi connectivity index (χ0v) is 16.4. The number of carboxylic acid groups (broad SMARTS) is 1. The van der Waals surface area contributed by atoms with Gasteiger partial charge in [0.2, 0.25) is 11.8 Å². The van der Waals surface area contributed by atoms with Crippen LogP contribution in [0.1, 0.15) is 31.7 Å². The summed E-state index contributed by atoms with van der Waals surface area (Å²) in [7, 11) is 0. The van der Waals surface area contributed by atoms with Crippen LogP contribution in [0.25, 0.3) is 0 Å². The molecule has 0 saturated heterocycles. The van der Waals surface area contributed by atoms with Crippen molar-refractivity contribution in [2.45, 2.75) is 51.2 Å². The first-order valence-electron chi connectivity index (χ1n) is 9.35. The van der Waals surface area contributed by atoms with Crippen molar-refractivity contribution < 1.29 is 19.5 Å². The van der Waals surface area contributed by atoms with E-state index in [0.717, 1.165) is 0 Å². The van der Waals surface area contributed by atoms with Crippen LogP contribution >= 0.6 is 0 Å². The van der Waals surface area contributed by atoms with E-state index in [1.54, 1.807) is 13.1 Å². The van der Waals surface area contributed by atoms with Crippen LogP contribution in [0.2, 0.25) is 0 Å². The Morgan fingerprint density at radius 1 is 1.07 bits per heavy atom. The molecule has 7 N–H and O–H groups in total. The van der Waals surface area contributed by atoms with E-state index in [9.17, 15) is 19.5 Å². The second-order valence-corrected chi connectivity index (χ2v) is 6.94. The van der Waals surface area contributed by atoms with Gasteiger partial charge in [-0.05, 0) is 5.92 Å². The third-order valence-electron chi connectivity index (χ3n) is 4.72. The molecule has 11 nitrogen and oxygen atoms in total. The van der Waals surface area contributed by atoms with Gasteiger partial charge in [0.05, 0.1) is 18.7 Å². The van der Waals surface area contributed by atoms with E-state index >= 15 is 0 Å². The minimum Gasteiger partial charge on any atom is -0.480 e. The standard InChI is InChI=1S/C18H27N7O4/c1-3-10(2)15(25-16(26)13(19)4-11-6-20-8-22-11)17(27)24-14(18(28)29)5-12-7-21-9-23-12/h6-10,13-15H,3-5,19H2,1-2H3,(H,20,22)(H,21,23)(H,24,27)(H,25,26)(H,28,29)/t10-,13-,14-,15-/m0/s1. The highest BCUT2D eigenvalue weighted by molar-refractivity contribution is 5.92. The van der Waals surface area contributed by atoms with Crippen LogP contribution in [-0.2, 0) is 27.2 Å². The number of hydrogen-bond acceptors (Lipinski definition) is 6. The van der Waals surface area contributed by atoms with Crippen molar-refractivity contribution in [1.82, 2.24) is 30.6 Å². The maximum Gasteiger partial charge on any atom is 0.326 e. The molecule has 2 aromatic rings. The molecular weight excluding hydrogens is 378 g/mol. The molecule has 0 aliphatic rings. The maximum atomic E-state index is 12.8. The van der Waals surface area contributed by atoms with Gasteiger partial charge < -0.3 is 31.4 Å². The Labute approximate surface area is 167 Å². The number of carbonyl (C=O) groups excluding carboxylic acids is 2. The highest BCUT2D eigenvalue weighted by atomic mass is 16.4. The molecule has 0 radical (unpaired) electrons. The van der Waals surface area contributed by atoms with Gasteiger partial charge in [-0.1, -0.05) is 20.3 Å². The third-order valence-corrected chi connectivity index (χ3v) is 4.72. The van der Waals surface area contributed by atoms with Crippen LogP contribution < -0.4 is 16.4 Å². The van der Waals surface area contributed by atoms with Crippen LogP contribution in [0.3, 0.4) is 0 Å². The predicted molar refractivity (Wildman–Crippen MR) is 104 cm³/mol. The molecule has 2 heterocycles. The SMILES string of the molecule is CC[C@H](C)[C@H](NC(=O)[C@@H](N)Cc1cnc[nH]1)C(=O)N[C@@H](Cc1cnc[nH]1)C(=O)O. The number of aromatic amines is 2. The molecule has 11 heteroatoms. The first kappa shape index (κ1) is 22.1. The number of carboxylic acids is 1. The summed E-state index contributed by atoms with van der Waals surface area (Å²) in [6.45, 7) is 3.68. The van der Waals surface area contributed by atoms with Crippen LogP contribution in [0.4, 0.5) is 0 Å². The van der Waals surface area contributed by atoms with E-state index in [0.29, 0.717) is 17.8 Å². The fourth-order valence-corrected chi connectivity index (χ4v) is 2.77. The average Bonchev–Trinajstić information content (AvgIpc) is 3.38. The summed E-state index contributed by atoms with van der Waals surface area (Å²) in [5.41, 5.74) is 7.21. The summed E-state index contributed by atoms with van der Waals surface area (Å²) in [5, 5.41) is 14.6. The summed E-state index contributed by atoms with van der Waals surface area (Å²) in [4.78, 5) is 50.2. The summed E-state index contributed by atoms with van der Waals surface area (Å²) < 4.78 is 0. The number of rotatable bonds is 11. The Morgan fingerprint density at radius 3 is 2.14 bits per heavy atom. The lowest BCUT2D eigenvalue weighted by molar-refractivity contribution is -0.142. The molecule has 2 amide bonds. The Balaban J connectivity index is 2.04. The van der Waals surface area contributed by atoms with Gasteiger partial charge in [-0.15, -0.1) is 0 Å². The molecule has 158 valence electrons. The number of H-pyrrole nitrogens is 2. The van der Waals surface area contributed by atoms with Crippen molar-refractivity contribution in [2.24, 2.45) is 11.7 Å². The summed E-state index contributed by atoms with van der Waals surface area (Å²) in [5.74, 6) is -2.48. The van der Waals surface area contributed by atoms with E-state index in [1.807, 2.05) is 6.92 Å². The first-order valence-corrected chi connectivity index (χ1v) is 9.35. The second-order valence-electron chi connectivity index (χ2n) is 6.94. The molecule has 0 saturated carbocycles. The molecule has 0 aliphatic heterocycles. The molecule has 2 aromatic heterocycles. The lowest BCUT2D eigenvalue weighted by atomic mass is 9.97. The van der Waals surface area contributed by atoms with Gasteiger partial charge >= 0.3 is 5.97 Å². The fourth-order valence-electron chi connectivity index (χ4n) is 2.77. The van der Waals surface area contributed by atoms with Crippen molar-refractivity contribution in [2.75, 3.05) is 0 Å².